The van der Waals surface area contributed by atoms with Crippen LogP contribution in [-0.2, 0) is 0 Å². The minimum absolute atomic E-state index is 0.402. The molecule has 90 valence electrons. The second kappa shape index (κ2) is 5.68. The highest BCUT2D eigenvalue weighted by molar-refractivity contribution is 5.39. The molecule has 0 fully saturated rings. The lowest BCUT2D eigenvalue weighted by Gasteiger charge is -2.16. The van der Waals surface area contributed by atoms with E-state index >= 15 is 0 Å². The van der Waals surface area contributed by atoms with Crippen LogP contribution in [0.15, 0.2) is 6.07 Å². The van der Waals surface area contributed by atoms with Crippen LogP contribution in [-0.4, -0.2) is 23.1 Å². The third-order valence-electron chi connectivity index (χ3n) is 2.24. The molecule has 0 bridgehead atoms. The minimum Gasteiger partial charge on any atom is -0.481 e. The molecule has 1 aromatic heterocycles. The summed E-state index contributed by atoms with van der Waals surface area (Å²) in [7, 11) is 1.61. The van der Waals surface area contributed by atoms with E-state index in [1.54, 1.807) is 7.11 Å². The number of anilines is 1. The molecule has 0 spiro atoms. The molecular weight excluding hydrogens is 202 g/mol. The highest BCUT2D eigenvalue weighted by atomic mass is 16.5. The van der Waals surface area contributed by atoms with Gasteiger partial charge in [0.15, 0.2) is 0 Å². The van der Waals surface area contributed by atoms with E-state index in [9.17, 15) is 0 Å². The molecule has 0 aliphatic heterocycles. The molecule has 1 unspecified atom stereocenters. The number of ether oxygens (including phenoxy) is 1. The van der Waals surface area contributed by atoms with Crippen LogP contribution in [0, 0.1) is 12.8 Å². The maximum atomic E-state index is 5.11. The zero-order chi connectivity index (χ0) is 12.1. The predicted molar refractivity (Wildman–Crippen MR) is 65.9 cm³/mol. The van der Waals surface area contributed by atoms with Gasteiger partial charge in [-0.3, -0.25) is 0 Å². The lowest BCUT2D eigenvalue weighted by Crippen LogP contribution is -2.18. The average Bonchev–Trinajstić information content (AvgIpc) is 2.14. The van der Waals surface area contributed by atoms with Gasteiger partial charge in [-0.05, 0) is 26.2 Å². The smallest absolute Gasteiger partial charge is 0.218 e. The predicted octanol–water partition coefficient (Wildman–Crippen LogP) is 2.64. The van der Waals surface area contributed by atoms with Gasteiger partial charge < -0.3 is 10.1 Å². The second-order valence-corrected chi connectivity index (χ2v) is 4.52. The van der Waals surface area contributed by atoms with Crippen molar-refractivity contribution in [3.8, 4) is 5.88 Å². The van der Waals surface area contributed by atoms with Gasteiger partial charge in [-0.25, -0.2) is 4.98 Å². The third-order valence-corrected chi connectivity index (χ3v) is 2.24. The Morgan fingerprint density at radius 1 is 1.31 bits per heavy atom. The highest BCUT2D eigenvalue weighted by Crippen LogP contribution is 2.15. The Balaban J connectivity index is 2.69. The molecule has 0 amide bonds. The van der Waals surface area contributed by atoms with Crippen molar-refractivity contribution in [2.45, 2.75) is 40.2 Å². The summed E-state index contributed by atoms with van der Waals surface area (Å²) < 4.78 is 5.11. The van der Waals surface area contributed by atoms with Crippen LogP contribution in [0.2, 0.25) is 0 Å². The first-order chi connectivity index (χ1) is 7.51. The van der Waals surface area contributed by atoms with Crippen molar-refractivity contribution in [1.29, 1.82) is 0 Å². The standard InChI is InChI=1S/C12H21N3O/c1-8(2)6-9(3)13-11-7-12(16-5)15-10(4)14-11/h7-9H,6H2,1-5H3,(H,13,14,15). The summed E-state index contributed by atoms with van der Waals surface area (Å²) >= 11 is 0. The molecule has 1 heterocycles. The molecule has 0 saturated heterocycles. The quantitative estimate of drug-likeness (QED) is 0.833. The normalized spacial score (nSPS) is 12.6. The maximum absolute atomic E-state index is 5.11. The Labute approximate surface area is 97.5 Å². The SMILES string of the molecule is COc1cc(NC(C)CC(C)C)nc(C)n1. The number of rotatable bonds is 5. The van der Waals surface area contributed by atoms with Gasteiger partial charge in [-0.15, -0.1) is 0 Å². The monoisotopic (exact) mass is 223 g/mol. The highest BCUT2D eigenvalue weighted by Gasteiger charge is 2.07. The summed E-state index contributed by atoms with van der Waals surface area (Å²) in [6.07, 6.45) is 1.12. The van der Waals surface area contributed by atoms with Gasteiger partial charge in [0.25, 0.3) is 0 Å². The van der Waals surface area contributed by atoms with Gasteiger partial charge in [-0.1, -0.05) is 13.8 Å². The molecule has 1 N–H and O–H groups in total. The molecule has 4 heteroatoms. The first-order valence-electron chi connectivity index (χ1n) is 5.67. The Kier molecular flexibility index (Phi) is 4.52. The van der Waals surface area contributed by atoms with Crippen LogP contribution in [0.4, 0.5) is 5.82 Å². The largest absolute Gasteiger partial charge is 0.481 e. The summed E-state index contributed by atoms with van der Waals surface area (Å²) in [5, 5.41) is 3.36. The Bertz CT molecular complexity index is 339. The Hall–Kier alpha value is -1.32. The molecule has 4 nitrogen and oxygen atoms in total. The second-order valence-electron chi connectivity index (χ2n) is 4.52. The lowest BCUT2D eigenvalue weighted by atomic mass is 10.1. The van der Waals surface area contributed by atoms with E-state index in [1.165, 1.54) is 0 Å². The van der Waals surface area contributed by atoms with Gasteiger partial charge in [0, 0.05) is 12.1 Å². The number of aryl methyl sites for hydroxylation is 1. The van der Waals surface area contributed by atoms with Crippen LogP contribution in [0.1, 0.15) is 33.0 Å². The zero-order valence-electron chi connectivity index (χ0n) is 10.7. The molecular formula is C12H21N3O. The fraction of sp³-hybridized carbons (Fsp3) is 0.667. The molecule has 0 radical (unpaired) electrons. The fourth-order valence-electron chi connectivity index (χ4n) is 1.74. The van der Waals surface area contributed by atoms with E-state index in [2.05, 4.69) is 36.1 Å². The molecule has 1 aromatic rings. The van der Waals surface area contributed by atoms with Crippen LogP contribution in [0.25, 0.3) is 0 Å². The van der Waals surface area contributed by atoms with Crippen LogP contribution < -0.4 is 10.1 Å². The summed E-state index contributed by atoms with van der Waals surface area (Å²) in [4.78, 5) is 8.47. The van der Waals surface area contributed by atoms with Crippen molar-refractivity contribution in [3.63, 3.8) is 0 Å². The molecule has 0 aromatic carbocycles. The molecule has 0 aliphatic carbocycles. The van der Waals surface area contributed by atoms with Crippen molar-refractivity contribution in [3.05, 3.63) is 11.9 Å². The number of nitrogens with zero attached hydrogens (tertiary/aromatic N) is 2. The van der Waals surface area contributed by atoms with E-state index < -0.39 is 0 Å². The van der Waals surface area contributed by atoms with Crippen molar-refractivity contribution >= 4 is 5.82 Å². The molecule has 1 rings (SSSR count). The van der Waals surface area contributed by atoms with E-state index in [4.69, 9.17) is 4.74 Å². The maximum Gasteiger partial charge on any atom is 0.218 e. The number of methoxy groups -OCH3 is 1. The minimum atomic E-state index is 0.402. The zero-order valence-corrected chi connectivity index (χ0v) is 10.7. The first kappa shape index (κ1) is 12.7. The van der Waals surface area contributed by atoms with Gasteiger partial charge in [0.1, 0.15) is 11.6 Å². The molecule has 0 saturated carbocycles. The summed E-state index contributed by atoms with van der Waals surface area (Å²) in [5.74, 6) is 2.83. The topological polar surface area (TPSA) is 47.0 Å². The van der Waals surface area contributed by atoms with Gasteiger partial charge in [-0.2, -0.15) is 4.98 Å². The van der Waals surface area contributed by atoms with Crippen molar-refractivity contribution < 1.29 is 4.74 Å². The molecule has 1 atom stereocenters. The Morgan fingerprint density at radius 2 is 2.00 bits per heavy atom. The van der Waals surface area contributed by atoms with Crippen LogP contribution in [0.3, 0.4) is 0 Å². The first-order valence-corrected chi connectivity index (χ1v) is 5.67. The van der Waals surface area contributed by atoms with E-state index in [-0.39, 0.29) is 0 Å². The van der Waals surface area contributed by atoms with Crippen molar-refractivity contribution in [1.82, 2.24) is 9.97 Å². The van der Waals surface area contributed by atoms with Gasteiger partial charge in [0.2, 0.25) is 5.88 Å². The van der Waals surface area contributed by atoms with E-state index in [0.717, 1.165) is 18.1 Å². The lowest BCUT2D eigenvalue weighted by molar-refractivity contribution is 0.395. The number of aromatic nitrogens is 2. The fourth-order valence-corrected chi connectivity index (χ4v) is 1.74. The van der Waals surface area contributed by atoms with Gasteiger partial charge in [0.05, 0.1) is 7.11 Å². The average molecular weight is 223 g/mol. The number of hydrogen-bond donors (Lipinski definition) is 1. The van der Waals surface area contributed by atoms with Crippen LogP contribution in [0.5, 0.6) is 5.88 Å². The summed E-state index contributed by atoms with van der Waals surface area (Å²) in [5.41, 5.74) is 0. The third kappa shape index (κ3) is 4.04. The summed E-state index contributed by atoms with van der Waals surface area (Å²) in [6, 6.07) is 2.23. The number of nitrogens with one attached hydrogen (secondary N) is 1. The van der Waals surface area contributed by atoms with E-state index in [1.807, 2.05) is 13.0 Å². The van der Waals surface area contributed by atoms with Crippen molar-refractivity contribution in [2.75, 3.05) is 12.4 Å². The number of hydrogen-bond acceptors (Lipinski definition) is 4. The van der Waals surface area contributed by atoms with Crippen molar-refractivity contribution in [2.24, 2.45) is 5.92 Å². The van der Waals surface area contributed by atoms with E-state index in [0.29, 0.717) is 17.8 Å². The summed E-state index contributed by atoms with van der Waals surface area (Å²) in [6.45, 7) is 8.44. The molecule has 0 aliphatic rings. The molecule has 16 heavy (non-hydrogen) atoms. The van der Waals surface area contributed by atoms with Crippen LogP contribution >= 0.6 is 0 Å². The van der Waals surface area contributed by atoms with Gasteiger partial charge >= 0.3 is 0 Å². The Morgan fingerprint density at radius 3 is 2.56 bits per heavy atom.